The Balaban J connectivity index is 1.77. The van der Waals surface area contributed by atoms with Crippen molar-refractivity contribution in [2.24, 2.45) is 0 Å². The van der Waals surface area contributed by atoms with E-state index in [1.54, 1.807) is 4.90 Å². The molecule has 148 valence electrons. The number of nitrogens with zero attached hydrogens (tertiary/aromatic N) is 1. The number of hydrogen-bond acceptors (Lipinski definition) is 2. The van der Waals surface area contributed by atoms with Gasteiger partial charge in [0.05, 0.1) is 11.4 Å². The molecule has 3 nitrogen and oxygen atoms in total. The van der Waals surface area contributed by atoms with Gasteiger partial charge in [-0.15, -0.1) is 0 Å². The van der Waals surface area contributed by atoms with Crippen molar-refractivity contribution in [3.05, 3.63) is 132 Å². The lowest BCUT2D eigenvalue weighted by Gasteiger charge is -2.33. The summed E-state index contributed by atoms with van der Waals surface area (Å²) in [7, 11) is 0. The summed E-state index contributed by atoms with van der Waals surface area (Å²) in [4.78, 5) is 15.2. The number of benzene rings is 4. The zero-order valence-corrected chi connectivity index (χ0v) is 16.8. The maximum atomic E-state index is 13.6. The maximum Gasteiger partial charge on any atom is 0.420 e. The Hall–Kier alpha value is -3.85. The first-order valence-electron chi connectivity index (χ1n) is 9.93. The first kappa shape index (κ1) is 19.5. The largest absolute Gasteiger partial charge is 0.433 e. The summed E-state index contributed by atoms with van der Waals surface area (Å²) < 4.78 is 6.27. The summed E-state index contributed by atoms with van der Waals surface area (Å²) in [5, 5.41) is 0. The van der Waals surface area contributed by atoms with Crippen molar-refractivity contribution in [2.45, 2.75) is 12.5 Å². The maximum absolute atomic E-state index is 13.6. The number of anilines is 2. The number of rotatable bonds is 5. The minimum atomic E-state index is -0.943. The van der Waals surface area contributed by atoms with Gasteiger partial charge in [0.2, 0.25) is 0 Å². The lowest BCUT2D eigenvalue weighted by molar-refractivity contribution is 0.0595. The fourth-order valence-electron chi connectivity index (χ4n) is 3.53. The molecule has 30 heavy (non-hydrogen) atoms. The second-order valence-corrected chi connectivity index (χ2v) is 7.14. The third kappa shape index (κ3) is 3.96. The monoisotopic (exact) mass is 393 g/mol. The van der Waals surface area contributed by atoms with Crippen LogP contribution in [0.25, 0.3) is 0 Å². The summed E-state index contributed by atoms with van der Waals surface area (Å²) >= 11 is 0. The highest BCUT2D eigenvalue weighted by molar-refractivity contribution is 5.96. The third-order valence-electron chi connectivity index (χ3n) is 5.15. The Kier molecular flexibility index (Phi) is 5.62. The average molecular weight is 393 g/mol. The highest BCUT2D eigenvalue weighted by Crippen LogP contribution is 2.36. The fraction of sp³-hybridized carbons (Fsp3) is 0.0741. The Morgan fingerprint density at radius 2 is 0.933 bits per heavy atom. The number of carbonyl (C=O) groups excluding carboxylic acids is 1. The molecule has 1 amide bonds. The first-order valence-corrected chi connectivity index (χ1v) is 9.93. The summed E-state index contributed by atoms with van der Waals surface area (Å²) in [5.41, 5.74) is 2.37. The highest BCUT2D eigenvalue weighted by Gasteiger charge is 2.35. The van der Waals surface area contributed by atoms with E-state index in [0.717, 1.165) is 22.5 Å². The lowest BCUT2D eigenvalue weighted by atomic mass is 9.88. The van der Waals surface area contributed by atoms with Gasteiger partial charge in [-0.2, -0.15) is 0 Å². The smallest absolute Gasteiger partial charge is 0.420 e. The summed E-state index contributed by atoms with van der Waals surface area (Å²) in [5.74, 6) is 0. The zero-order valence-electron chi connectivity index (χ0n) is 16.8. The van der Waals surface area contributed by atoms with Gasteiger partial charge in [0.15, 0.2) is 5.60 Å². The fourth-order valence-corrected chi connectivity index (χ4v) is 3.53. The first-order chi connectivity index (χ1) is 14.7. The van der Waals surface area contributed by atoms with Crippen LogP contribution in [0.5, 0.6) is 0 Å². The molecule has 0 saturated heterocycles. The minimum absolute atomic E-state index is 0.442. The van der Waals surface area contributed by atoms with Crippen molar-refractivity contribution in [1.29, 1.82) is 0 Å². The molecule has 0 aliphatic heterocycles. The quantitative estimate of drug-likeness (QED) is 0.368. The van der Waals surface area contributed by atoms with Gasteiger partial charge in [-0.3, -0.25) is 0 Å². The minimum Gasteiger partial charge on any atom is -0.433 e. The van der Waals surface area contributed by atoms with Crippen molar-refractivity contribution < 1.29 is 9.53 Å². The molecule has 0 unspecified atom stereocenters. The Bertz CT molecular complexity index is 1000. The van der Waals surface area contributed by atoms with Crippen molar-refractivity contribution >= 4 is 17.5 Å². The van der Waals surface area contributed by atoms with Gasteiger partial charge in [0.25, 0.3) is 0 Å². The van der Waals surface area contributed by atoms with Crippen molar-refractivity contribution in [3.8, 4) is 0 Å². The van der Waals surface area contributed by atoms with Crippen LogP contribution in [0.4, 0.5) is 16.2 Å². The van der Waals surface area contributed by atoms with E-state index < -0.39 is 11.7 Å². The number of carbonyl (C=O) groups is 1. The van der Waals surface area contributed by atoms with Crippen LogP contribution in [0, 0.1) is 0 Å². The number of hydrogen-bond donors (Lipinski definition) is 0. The van der Waals surface area contributed by atoms with Crippen LogP contribution in [0.1, 0.15) is 18.1 Å². The van der Waals surface area contributed by atoms with Crippen LogP contribution in [-0.4, -0.2) is 6.09 Å². The molecule has 0 fully saturated rings. The van der Waals surface area contributed by atoms with Gasteiger partial charge in [-0.25, -0.2) is 9.69 Å². The summed E-state index contributed by atoms with van der Waals surface area (Å²) in [6.07, 6.45) is -0.442. The summed E-state index contributed by atoms with van der Waals surface area (Å²) in [6.45, 7) is 1.93. The predicted molar refractivity (Wildman–Crippen MR) is 121 cm³/mol. The molecular formula is C27H23NO2. The molecule has 0 aliphatic rings. The van der Waals surface area contributed by atoms with Gasteiger partial charge in [-0.1, -0.05) is 97.1 Å². The standard InChI is InChI=1S/C27H23NO2/c1-27(22-14-6-2-7-15-22,23-16-8-3-9-17-23)30-26(29)28(24-18-10-4-11-19-24)25-20-12-5-13-21-25/h2-21H,1H3. The molecule has 0 aromatic heterocycles. The molecule has 0 aliphatic carbocycles. The van der Waals surface area contributed by atoms with E-state index in [2.05, 4.69) is 0 Å². The lowest BCUT2D eigenvalue weighted by Crippen LogP contribution is -2.37. The van der Waals surface area contributed by atoms with E-state index in [0.29, 0.717) is 0 Å². The third-order valence-corrected chi connectivity index (χ3v) is 5.15. The number of amides is 1. The van der Waals surface area contributed by atoms with Crippen LogP contribution < -0.4 is 4.90 Å². The van der Waals surface area contributed by atoms with Crippen LogP contribution >= 0.6 is 0 Å². The molecule has 4 aromatic carbocycles. The van der Waals surface area contributed by atoms with Crippen molar-refractivity contribution in [3.63, 3.8) is 0 Å². The molecule has 0 bridgehead atoms. The molecule has 4 aromatic rings. The molecule has 0 spiro atoms. The SMILES string of the molecule is CC(OC(=O)N(c1ccccc1)c1ccccc1)(c1ccccc1)c1ccccc1. The van der Waals surface area contributed by atoms with Crippen LogP contribution in [0.15, 0.2) is 121 Å². The molecule has 3 heteroatoms. The number of ether oxygens (including phenoxy) is 1. The van der Waals surface area contributed by atoms with Gasteiger partial charge in [0, 0.05) is 0 Å². The molecule has 0 radical (unpaired) electrons. The normalized spacial score (nSPS) is 11.0. The second-order valence-electron chi connectivity index (χ2n) is 7.14. The molecule has 4 rings (SSSR count). The zero-order chi connectivity index (χ0) is 20.8. The molecule has 0 heterocycles. The van der Waals surface area contributed by atoms with E-state index >= 15 is 0 Å². The van der Waals surface area contributed by atoms with Gasteiger partial charge in [0.1, 0.15) is 0 Å². The van der Waals surface area contributed by atoms with E-state index in [-0.39, 0.29) is 0 Å². The average Bonchev–Trinajstić information content (AvgIpc) is 2.82. The van der Waals surface area contributed by atoms with Gasteiger partial charge in [-0.05, 0) is 42.3 Å². The summed E-state index contributed by atoms with van der Waals surface area (Å²) in [6, 6.07) is 38.7. The Labute approximate surface area is 177 Å². The van der Waals surface area contributed by atoms with Crippen LogP contribution in [0.2, 0.25) is 0 Å². The Morgan fingerprint density at radius 1 is 0.600 bits per heavy atom. The topological polar surface area (TPSA) is 29.5 Å². The van der Waals surface area contributed by atoms with Crippen LogP contribution in [0.3, 0.4) is 0 Å². The molecule has 0 atom stereocenters. The van der Waals surface area contributed by atoms with E-state index in [4.69, 9.17) is 4.74 Å². The predicted octanol–water partition coefficient (Wildman–Crippen LogP) is 6.93. The second kappa shape index (κ2) is 8.66. The van der Waals surface area contributed by atoms with E-state index in [1.165, 1.54) is 0 Å². The number of para-hydroxylation sites is 2. The molecule has 0 N–H and O–H groups in total. The van der Waals surface area contributed by atoms with Gasteiger partial charge < -0.3 is 4.74 Å². The highest BCUT2D eigenvalue weighted by atomic mass is 16.6. The van der Waals surface area contributed by atoms with E-state index in [9.17, 15) is 4.79 Å². The molecule has 0 saturated carbocycles. The van der Waals surface area contributed by atoms with Crippen molar-refractivity contribution in [1.82, 2.24) is 0 Å². The molecular weight excluding hydrogens is 370 g/mol. The Morgan fingerprint density at radius 3 is 1.30 bits per heavy atom. The van der Waals surface area contributed by atoms with E-state index in [1.807, 2.05) is 128 Å². The van der Waals surface area contributed by atoms with Gasteiger partial charge >= 0.3 is 6.09 Å². The van der Waals surface area contributed by atoms with Crippen molar-refractivity contribution in [2.75, 3.05) is 4.90 Å². The van der Waals surface area contributed by atoms with Crippen LogP contribution in [-0.2, 0) is 10.3 Å².